The van der Waals surface area contributed by atoms with Crippen LogP contribution in [0.25, 0.3) is 0 Å². The Bertz CT molecular complexity index is 242. The fraction of sp³-hybridized carbons (Fsp3) is 0.909. The number of hydrogen-bond acceptors (Lipinski definition) is 5. The zero-order chi connectivity index (χ0) is 12.7. The van der Waals surface area contributed by atoms with Crippen molar-refractivity contribution in [1.82, 2.24) is 10.6 Å². The highest BCUT2D eigenvalue weighted by Crippen LogP contribution is 2.16. The van der Waals surface area contributed by atoms with E-state index in [0.717, 1.165) is 0 Å². The average molecular weight is 246 g/mol. The Morgan fingerprint density at radius 1 is 1.65 bits per heavy atom. The monoisotopic (exact) mass is 246 g/mol. The molecule has 1 amide bonds. The molecule has 0 aromatic heterocycles. The van der Waals surface area contributed by atoms with Crippen LogP contribution >= 0.6 is 0 Å². The first-order valence-corrected chi connectivity index (χ1v) is 5.85. The van der Waals surface area contributed by atoms with Crippen LogP contribution in [-0.4, -0.2) is 62.7 Å². The Morgan fingerprint density at radius 3 is 3.00 bits per heavy atom. The van der Waals surface area contributed by atoms with Crippen LogP contribution in [0.5, 0.6) is 0 Å². The summed E-state index contributed by atoms with van der Waals surface area (Å²) in [6.07, 6.45) is 0.613. The lowest BCUT2D eigenvalue weighted by molar-refractivity contribution is -0.121. The minimum Gasteiger partial charge on any atom is -0.386 e. The molecule has 6 nitrogen and oxygen atoms in total. The Morgan fingerprint density at radius 2 is 2.41 bits per heavy atom. The molecule has 0 spiro atoms. The highest BCUT2D eigenvalue weighted by atomic mass is 16.5. The van der Waals surface area contributed by atoms with E-state index in [9.17, 15) is 9.90 Å². The molecule has 1 saturated heterocycles. The van der Waals surface area contributed by atoms with Gasteiger partial charge in [0.1, 0.15) is 5.60 Å². The van der Waals surface area contributed by atoms with E-state index < -0.39 is 5.60 Å². The Labute approximate surface area is 102 Å². The average Bonchev–Trinajstić information content (AvgIpc) is 2.65. The van der Waals surface area contributed by atoms with Gasteiger partial charge in [0.05, 0.1) is 19.8 Å². The van der Waals surface area contributed by atoms with Gasteiger partial charge >= 0.3 is 0 Å². The van der Waals surface area contributed by atoms with Gasteiger partial charge in [-0.3, -0.25) is 4.79 Å². The number of carbonyl (C=O) groups is 1. The summed E-state index contributed by atoms with van der Waals surface area (Å²) in [6, 6.07) is -0.00722. The summed E-state index contributed by atoms with van der Waals surface area (Å²) in [5.74, 6) is -0.0999. The molecule has 6 heteroatoms. The smallest absolute Gasteiger partial charge is 0.234 e. The van der Waals surface area contributed by atoms with E-state index >= 15 is 0 Å². The van der Waals surface area contributed by atoms with Gasteiger partial charge in [-0.25, -0.2) is 0 Å². The van der Waals surface area contributed by atoms with Gasteiger partial charge < -0.3 is 25.2 Å². The van der Waals surface area contributed by atoms with Crippen LogP contribution in [0.3, 0.4) is 0 Å². The van der Waals surface area contributed by atoms with E-state index in [4.69, 9.17) is 9.47 Å². The first kappa shape index (κ1) is 14.4. The molecule has 1 aliphatic heterocycles. The predicted octanol–water partition coefficient (Wildman–Crippen LogP) is -1.12. The minimum atomic E-state index is -0.821. The normalized spacial score (nSPS) is 25.8. The first-order chi connectivity index (χ1) is 8.06. The number of rotatable bonds is 7. The van der Waals surface area contributed by atoms with Crippen LogP contribution in [0.15, 0.2) is 0 Å². The largest absolute Gasteiger partial charge is 0.386 e. The maximum Gasteiger partial charge on any atom is 0.234 e. The predicted molar refractivity (Wildman–Crippen MR) is 62.7 cm³/mol. The van der Waals surface area contributed by atoms with Gasteiger partial charge in [-0.2, -0.15) is 0 Å². The highest BCUT2D eigenvalue weighted by Gasteiger charge is 2.31. The molecule has 1 rings (SSSR count). The van der Waals surface area contributed by atoms with Gasteiger partial charge in [-0.05, 0) is 6.92 Å². The molecule has 1 fully saturated rings. The van der Waals surface area contributed by atoms with E-state index in [1.165, 1.54) is 0 Å². The quantitative estimate of drug-likeness (QED) is 0.530. The third-order valence-electron chi connectivity index (χ3n) is 2.65. The summed E-state index contributed by atoms with van der Waals surface area (Å²) < 4.78 is 10.0. The summed E-state index contributed by atoms with van der Waals surface area (Å²) in [6.45, 7) is 3.84. The fourth-order valence-corrected chi connectivity index (χ4v) is 1.76. The summed E-state index contributed by atoms with van der Waals surface area (Å²) >= 11 is 0. The number of aliphatic hydroxyl groups is 1. The SMILES string of the molecule is COCC(C)NC(=O)CNCC1(O)CCOC1. The third kappa shape index (κ3) is 5.45. The van der Waals surface area contributed by atoms with E-state index in [-0.39, 0.29) is 18.5 Å². The van der Waals surface area contributed by atoms with Crippen molar-refractivity contribution in [2.45, 2.75) is 25.0 Å². The molecule has 1 aliphatic rings. The van der Waals surface area contributed by atoms with E-state index in [1.807, 2.05) is 6.92 Å². The van der Waals surface area contributed by atoms with E-state index in [1.54, 1.807) is 7.11 Å². The van der Waals surface area contributed by atoms with Crippen molar-refractivity contribution in [2.75, 3.05) is 40.0 Å². The number of hydrogen-bond donors (Lipinski definition) is 3. The molecule has 0 saturated carbocycles. The molecular weight excluding hydrogens is 224 g/mol. The molecule has 2 unspecified atom stereocenters. The molecule has 1 heterocycles. The second kappa shape index (κ2) is 6.90. The molecule has 100 valence electrons. The van der Waals surface area contributed by atoms with Crippen LogP contribution in [0.1, 0.15) is 13.3 Å². The Kier molecular flexibility index (Phi) is 5.84. The maximum absolute atomic E-state index is 11.5. The van der Waals surface area contributed by atoms with Gasteiger partial charge in [0, 0.05) is 32.7 Å². The lowest BCUT2D eigenvalue weighted by Crippen LogP contribution is -2.46. The van der Waals surface area contributed by atoms with Crippen molar-refractivity contribution < 1.29 is 19.4 Å². The fourth-order valence-electron chi connectivity index (χ4n) is 1.76. The Balaban J connectivity index is 2.11. The van der Waals surface area contributed by atoms with Gasteiger partial charge in [0.15, 0.2) is 0 Å². The van der Waals surface area contributed by atoms with Crippen molar-refractivity contribution in [3.05, 3.63) is 0 Å². The standard InChI is InChI=1S/C11H22N2O4/c1-9(6-16-2)13-10(14)5-12-7-11(15)3-4-17-8-11/h9,12,15H,3-8H2,1-2H3,(H,13,14). The molecule has 0 radical (unpaired) electrons. The molecular formula is C11H22N2O4. The van der Waals surface area contributed by atoms with Crippen LogP contribution < -0.4 is 10.6 Å². The van der Waals surface area contributed by atoms with Crippen molar-refractivity contribution in [1.29, 1.82) is 0 Å². The lowest BCUT2D eigenvalue weighted by atomic mass is 10.0. The van der Waals surface area contributed by atoms with E-state index in [2.05, 4.69) is 10.6 Å². The van der Waals surface area contributed by atoms with E-state index in [0.29, 0.717) is 32.8 Å². The van der Waals surface area contributed by atoms with Gasteiger partial charge in [0.25, 0.3) is 0 Å². The zero-order valence-electron chi connectivity index (χ0n) is 10.5. The molecule has 0 aromatic rings. The maximum atomic E-state index is 11.5. The molecule has 0 aromatic carbocycles. The van der Waals surface area contributed by atoms with Crippen LogP contribution in [0.4, 0.5) is 0 Å². The molecule has 2 atom stereocenters. The van der Waals surface area contributed by atoms with Crippen LogP contribution in [0, 0.1) is 0 Å². The van der Waals surface area contributed by atoms with Crippen molar-refractivity contribution >= 4 is 5.91 Å². The minimum absolute atomic E-state index is 0.00722. The second-order valence-electron chi connectivity index (χ2n) is 4.55. The zero-order valence-corrected chi connectivity index (χ0v) is 10.5. The topological polar surface area (TPSA) is 79.8 Å². The van der Waals surface area contributed by atoms with Crippen molar-refractivity contribution in [3.63, 3.8) is 0 Å². The Hall–Kier alpha value is -0.690. The highest BCUT2D eigenvalue weighted by molar-refractivity contribution is 5.78. The molecule has 3 N–H and O–H groups in total. The van der Waals surface area contributed by atoms with Crippen molar-refractivity contribution in [2.24, 2.45) is 0 Å². The van der Waals surface area contributed by atoms with Gasteiger partial charge in [0.2, 0.25) is 5.91 Å². The first-order valence-electron chi connectivity index (χ1n) is 5.85. The summed E-state index contributed by atoms with van der Waals surface area (Å²) in [5, 5.41) is 15.6. The number of amides is 1. The third-order valence-corrected chi connectivity index (χ3v) is 2.65. The van der Waals surface area contributed by atoms with Gasteiger partial charge in [-0.1, -0.05) is 0 Å². The lowest BCUT2D eigenvalue weighted by Gasteiger charge is -2.21. The summed E-state index contributed by atoms with van der Waals surface area (Å²) in [5.41, 5.74) is -0.821. The summed E-state index contributed by atoms with van der Waals surface area (Å²) in [7, 11) is 1.59. The number of carbonyl (C=O) groups excluding carboxylic acids is 1. The number of nitrogens with one attached hydrogen (secondary N) is 2. The molecule has 0 aliphatic carbocycles. The molecule has 17 heavy (non-hydrogen) atoms. The van der Waals surface area contributed by atoms with Gasteiger partial charge in [-0.15, -0.1) is 0 Å². The summed E-state index contributed by atoms with van der Waals surface area (Å²) in [4.78, 5) is 11.5. The van der Waals surface area contributed by atoms with Crippen molar-refractivity contribution in [3.8, 4) is 0 Å². The number of ether oxygens (including phenoxy) is 2. The molecule has 0 bridgehead atoms. The second-order valence-corrected chi connectivity index (χ2v) is 4.55. The van der Waals surface area contributed by atoms with Crippen LogP contribution in [-0.2, 0) is 14.3 Å². The number of methoxy groups -OCH3 is 1. The van der Waals surface area contributed by atoms with Crippen LogP contribution in [0.2, 0.25) is 0 Å².